The first-order chi connectivity index (χ1) is 9.84. The zero-order valence-electron chi connectivity index (χ0n) is 11.8. The molecule has 4 rings (SSSR count). The summed E-state index contributed by atoms with van der Waals surface area (Å²) in [5.41, 5.74) is 4.03. The Balaban J connectivity index is 1.98. The lowest BCUT2D eigenvalue weighted by atomic mass is 9.93. The van der Waals surface area contributed by atoms with Gasteiger partial charge >= 0.3 is 0 Å². The van der Waals surface area contributed by atoms with Crippen LogP contribution in [-0.2, 0) is 12.8 Å². The molecule has 0 unspecified atom stereocenters. The van der Waals surface area contributed by atoms with Crippen molar-refractivity contribution in [2.75, 3.05) is 0 Å². The molecule has 0 radical (unpaired) electrons. The molecular weight excluding hydrogens is 244 g/mol. The molecule has 2 aromatic carbocycles. The van der Waals surface area contributed by atoms with Crippen molar-refractivity contribution in [1.29, 1.82) is 0 Å². The summed E-state index contributed by atoms with van der Waals surface area (Å²) in [6.07, 6.45) is 4.83. The third kappa shape index (κ3) is 1.70. The minimum absolute atomic E-state index is 1.08. The highest BCUT2D eigenvalue weighted by molar-refractivity contribution is 5.96. The van der Waals surface area contributed by atoms with Crippen LogP contribution >= 0.6 is 0 Å². The third-order valence-corrected chi connectivity index (χ3v) is 4.47. The highest BCUT2D eigenvalue weighted by atomic mass is 16.3. The van der Waals surface area contributed by atoms with Gasteiger partial charge in [0, 0.05) is 12.0 Å². The topological polar surface area (TPSA) is 13.1 Å². The summed E-state index contributed by atoms with van der Waals surface area (Å²) in [4.78, 5) is 0. The van der Waals surface area contributed by atoms with Gasteiger partial charge in [0.05, 0.1) is 0 Å². The van der Waals surface area contributed by atoms with Crippen molar-refractivity contribution in [3.63, 3.8) is 0 Å². The van der Waals surface area contributed by atoms with Gasteiger partial charge in [-0.3, -0.25) is 0 Å². The Labute approximate surface area is 119 Å². The molecule has 1 aliphatic carbocycles. The number of fused-ring (bicyclic) bond motifs is 2. The molecule has 0 fully saturated rings. The Morgan fingerprint density at radius 1 is 0.900 bits per heavy atom. The summed E-state index contributed by atoms with van der Waals surface area (Å²) in [6, 6.07) is 15.0. The Kier molecular flexibility index (Phi) is 2.66. The molecule has 1 aromatic heterocycles. The van der Waals surface area contributed by atoms with E-state index in [0.29, 0.717) is 0 Å². The SMILES string of the molecule is Cc1c(-c2cccc3ccccc23)oc2c1CCCC2. The van der Waals surface area contributed by atoms with Crippen molar-refractivity contribution in [3.8, 4) is 11.3 Å². The fourth-order valence-corrected chi connectivity index (χ4v) is 3.40. The number of hydrogen-bond donors (Lipinski definition) is 0. The lowest BCUT2D eigenvalue weighted by molar-refractivity contribution is 0.488. The molecule has 1 heterocycles. The van der Waals surface area contributed by atoms with Crippen molar-refractivity contribution in [1.82, 2.24) is 0 Å². The van der Waals surface area contributed by atoms with Crippen LogP contribution in [0, 0.1) is 6.92 Å². The number of hydrogen-bond acceptors (Lipinski definition) is 1. The minimum atomic E-state index is 1.08. The second-order valence-corrected chi connectivity index (χ2v) is 5.69. The first-order valence-corrected chi connectivity index (χ1v) is 7.44. The predicted molar refractivity (Wildman–Crippen MR) is 83.0 cm³/mol. The molecule has 0 aliphatic heterocycles. The summed E-state index contributed by atoms with van der Waals surface area (Å²) in [5.74, 6) is 2.30. The highest BCUT2D eigenvalue weighted by Gasteiger charge is 2.21. The largest absolute Gasteiger partial charge is 0.460 e. The fourth-order valence-electron chi connectivity index (χ4n) is 3.40. The molecule has 1 aliphatic rings. The maximum atomic E-state index is 6.23. The molecule has 20 heavy (non-hydrogen) atoms. The van der Waals surface area contributed by atoms with E-state index >= 15 is 0 Å². The Morgan fingerprint density at radius 2 is 1.70 bits per heavy atom. The number of rotatable bonds is 1. The lowest BCUT2D eigenvalue weighted by Crippen LogP contribution is -1.99. The van der Waals surface area contributed by atoms with Gasteiger partial charge in [-0.1, -0.05) is 42.5 Å². The second kappa shape index (κ2) is 4.52. The molecule has 0 amide bonds. The highest BCUT2D eigenvalue weighted by Crippen LogP contribution is 2.37. The van der Waals surface area contributed by atoms with Crippen LogP contribution in [0.15, 0.2) is 46.9 Å². The van der Waals surface area contributed by atoms with E-state index in [9.17, 15) is 0 Å². The first kappa shape index (κ1) is 11.8. The van der Waals surface area contributed by atoms with Gasteiger partial charge in [0.25, 0.3) is 0 Å². The van der Waals surface area contributed by atoms with Gasteiger partial charge < -0.3 is 4.42 Å². The second-order valence-electron chi connectivity index (χ2n) is 5.69. The molecule has 100 valence electrons. The molecular formula is C19H18O. The van der Waals surface area contributed by atoms with E-state index in [1.807, 2.05) is 0 Å². The van der Waals surface area contributed by atoms with Crippen molar-refractivity contribution in [3.05, 3.63) is 59.4 Å². The van der Waals surface area contributed by atoms with Gasteiger partial charge in [0.1, 0.15) is 11.5 Å². The van der Waals surface area contributed by atoms with E-state index in [4.69, 9.17) is 4.42 Å². The zero-order valence-corrected chi connectivity index (χ0v) is 11.8. The number of aryl methyl sites for hydroxylation is 1. The van der Waals surface area contributed by atoms with Crippen LogP contribution in [0.2, 0.25) is 0 Å². The summed E-state index contributed by atoms with van der Waals surface area (Å²) in [6.45, 7) is 2.21. The van der Waals surface area contributed by atoms with E-state index in [2.05, 4.69) is 49.4 Å². The summed E-state index contributed by atoms with van der Waals surface area (Å²) in [7, 11) is 0. The smallest absolute Gasteiger partial charge is 0.138 e. The van der Waals surface area contributed by atoms with E-state index in [-0.39, 0.29) is 0 Å². The van der Waals surface area contributed by atoms with Crippen LogP contribution in [0.5, 0.6) is 0 Å². The molecule has 0 N–H and O–H groups in total. The average molecular weight is 262 g/mol. The summed E-state index contributed by atoms with van der Waals surface area (Å²) < 4.78 is 6.23. The molecule has 0 spiro atoms. The van der Waals surface area contributed by atoms with Gasteiger partial charge in [-0.25, -0.2) is 0 Å². The van der Waals surface area contributed by atoms with Crippen molar-refractivity contribution in [2.45, 2.75) is 32.6 Å². The van der Waals surface area contributed by atoms with Crippen LogP contribution < -0.4 is 0 Å². The minimum Gasteiger partial charge on any atom is -0.460 e. The van der Waals surface area contributed by atoms with Crippen molar-refractivity contribution < 1.29 is 4.42 Å². The summed E-state index contributed by atoms with van der Waals surface area (Å²) in [5, 5.41) is 2.56. The van der Waals surface area contributed by atoms with E-state index in [1.165, 1.54) is 52.5 Å². The van der Waals surface area contributed by atoms with E-state index in [1.54, 1.807) is 0 Å². The fraction of sp³-hybridized carbons (Fsp3) is 0.263. The Hall–Kier alpha value is -2.02. The molecule has 0 atom stereocenters. The van der Waals surface area contributed by atoms with E-state index in [0.717, 1.165) is 12.2 Å². The molecule has 0 saturated carbocycles. The van der Waals surface area contributed by atoms with Gasteiger partial charge in [0.15, 0.2) is 0 Å². The molecule has 1 heteroatoms. The maximum Gasteiger partial charge on any atom is 0.138 e. The predicted octanol–water partition coefficient (Wildman–Crippen LogP) is 5.29. The molecule has 3 aromatic rings. The number of benzene rings is 2. The average Bonchev–Trinajstić information content (AvgIpc) is 2.84. The van der Waals surface area contributed by atoms with Crippen LogP contribution in [0.1, 0.15) is 29.7 Å². The molecule has 0 bridgehead atoms. The van der Waals surface area contributed by atoms with Gasteiger partial charge in [0.2, 0.25) is 0 Å². The third-order valence-electron chi connectivity index (χ3n) is 4.47. The number of furan rings is 1. The van der Waals surface area contributed by atoms with Crippen LogP contribution in [0.4, 0.5) is 0 Å². The Bertz CT molecular complexity index is 774. The monoisotopic (exact) mass is 262 g/mol. The van der Waals surface area contributed by atoms with Crippen molar-refractivity contribution in [2.24, 2.45) is 0 Å². The van der Waals surface area contributed by atoms with Crippen LogP contribution in [-0.4, -0.2) is 0 Å². The van der Waals surface area contributed by atoms with Gasteiger partial charge in [-0.2, -0.15) is 0 Å². The quantitative estimate of drug-likeness (QED) is 0.581. The van der Waals surface area contributed by atoms with Crippen LogP contribution in [0.25, 0.3) is 22.1 Å². The van der Waals surface area contributed by atoms with E-state index < -0.39 is 0 Å². The van der Waals surface area contributed by atoms with Crippen molar-refractivity contribution >= 4 is 10.8 Å². The zero-order chi connectivity index (χ0) is 13.5. The molecule has 1 nitrogen and oxygen atoms in total. The lowest BCUT2D eigenvalue weighted by Gasteiger charge is -2.08. The van der Waals surface area contributed by atoms with Crippen LogP contribution in [0.3, 0.4) is 0 Å². The Morgan fingerprint density at radius 3 is 2.60 bits per heavy atom. The summed E-state index contributed by atoms with van der Waals surface area (Å²) >= 11 is 0. The standard InChI is InChI=1S/C19H18O/c1-13-15-9-4-5-12-18(15)20-19(13)17-11-6-8-14-7-2-3-10-16(14)17/h2-3,6-8,10-11H,4-5,9,12H2,1H3. The normalized spacial score (nSPS) is 14.4. The first-order valence-electron chi connectivity index (χ1n) is 7.44. The van der Waals surface area contributed by atoms with Gasteiger partial charge in [-0.05, 0) is 48.1 Å². The maximum absolute atomic E-state index is 6.23. The molecule has 0 saturated heterocycles. The van der Waals surface area contributed by atoms with Gasteiger partial charge in [-0.15, -0.1) is 0 Å².